The maximum atomic E-state index is 11.1. The third-order valence-electron chi connectivity index (χ3n) is 2.28. The number of rotatable bonds is 4. The molecule has 0 saturated carbocycles. The monoisotopic (exact) mass is 274 g/mol. The van der Waals surface area contributed by atoms with Gasteiger partial charge in [0.15, 0.2) is 5.78 Å². The average molecular weight is 274 g/mol. The van der Waals surface area contributed by atoms with Crippen molar-refractivity contribution in [3.63, 3.8) is 0 Å². The molecule has 0 aromatic carbocycles. The number of carboxylic acid groups (broad SMARTS) is 1. The van der Waals surface area contributed by atoms with E-state index in [1.165, 1.54) is 30.9 Å². The Kier molecular flexibility index (Phi) is 3.91. The van der Waals surface area contributed by atoms with Crippen molar-refractivity contribution in [3.8, 4) is 0 Å². The van der Waals surface area contributed by atoms with Gasteiger partial charge >= 0.3 is 5.97 Å². The van der Waals surface area contributed by atoms with Crippen LogP contribution in [-0.4, -0.2) is 26.8 Å². The molecular weight excluding hydrogens is 264 g/mol. The molecule has 0 spiro atoms. The van der Waals surface area contributed by atoms with Gasteiger partial charge in [-0.2, -0.15) is 0 Å². The van der Waals surface area contributed by atoms with Gasteiger partial charge in [-0.15, -0.1) is 0 Å². The van der Waals surface area contributed by atoms with Crippen molar-refractivity contribution in [3.05, 3.63) is 48.0 Å². The molecule has 19 heavy (non-hydrogen) atoms. The minimum Gasteiger partial charge on any atom is -0.477 e. The Labute approximate surface area is 113 Å². The van der Waals surface area contributed by atoms with Gasteiger partial charge in [-0.05, 0) is 24.3 Å². The fourth-order valence-electron chi connectivity index (χ4n) is 1.38. The molecule has 5 nitrogen and oxygen atoms in total. The lowest BCUT2D eigenvalue weighted by atomic mass is 10.3. The molecule has 0 radical (unpaired) electrons. The molecule has 0 unspecified atom stereocenters. The summed E-state index contributed by atoms with van der Waals surface area (Å²) >= 11 is 1.36. The fourth-order valence-corrected chi connectivity index (χ4v) is 2.19. The first-order chi connectivity index (χ1) is 9.06. The van der Waals surface area contributed by atoms with Gasteiger partial charge in [0.1, 0.15) is 11.4 Å². The van der Waals surface area contributed by atoms with E-state index in [1.807, 2.05) is 0 Å². The lowest BCUT2D eigenvalue weighted by Gasteiger charge is -2.02. The van der Waals surface area contributed by atoms with E-state index in [0.717, 1.165) is 9.79 Å². The SMILES string of the molecule is CC(=O)c1ccc(Sc2ccnc(C(=O)O)c2)cn1. The summed E-state index contributed by atoms with van der Waals surface area (Å²) < 4.78 is 0. The topological polar surface area (TPSA) is 80.2 Å². The molecular formula is C13H10N2O3S. The molecule has 0 atom stereocenters. The number of aromatic carboxylic acids is 1. The van der Waals surface area contributed by atoms with Crippen molar-refractivity contribution < 1.29 is 14.7 Å². The van der Waals surface area contributed by atoms with Gasteiger partial charge in [0, 0.05) is 29.1 Å². The lowest BCUT2D eigenvalue weighted by Crippen LogP contribution is -1.99. The first-order valence-corrected chi connectivity index (χ1v) is 6.22. The van der Waals surface area contributed by atoms with Crippen molar-refractivity contribution in [2.24, 2.45) is 0 Å². The second-order valence-electron chi connectivity index (χ2n) is 3.72. The smallest absolute Gasteiger partial charge is 0.354 e. The highest BCUT2D eigenvalue weighted by Gasteiger charge is 2.07. The number of hydrogen-bond donors (Lipinski definition) is 1. The number of Topliss-reactive ketones (excluding diaryl/α,β-unsaturated/α-hetero) is 1. The molecule has 0 aliphatic heterocycles. The molecule has 0 saturated heterocycles. The van der Waals surface area contributed by atoms with E-state index in [1.54, 1.807) is 24.4 Å². The summed E-state index contributed by atoms with van der Waals surface area (Å²) in [5.41, 5.74) is 0.406. The van der Waals surface area contributed by atoms with Gasteiger partial charge < -0.3 is 5.11 Å². The molecule has 0 aliphatic carbocycles. The number of hydrogen-bond acceptors (Lipinski definition) is 5. The number of ketones is 1. The van der Waals surface area contributed by atoms with Crippen LogP contribution in [-0.2, 0) is 0 Å². The summed E-state index contributed by atoms with van der Waals surface area (Å²) in [4.78, 5) is 31.3. The summed E-state index contributed by atoms with van der Waals surface area (Å²) in [6.07, 6.45) is 3.03. The largest absolute Gasteiger partial charge is 0.477 e. The second-order valence-corrected chi connectivity index (χ2v) is 4.87. The molecule has 96 valence electrons. The van der Waals surface area contributed by atoms with Crippen LogP contribution in [0, 0.1) is 0 Å². The second kappa shape index (κ2) is 5.62. The highest BCUT2D eigenvalue weighted by molar-refractivity contribution is 7.99. The van der Waals surface area contributed by atoms with Crippen LogP contribution in [0.5, 0.6) is 0 Å². The van der Waals surface area contributed by atoms with Crippen LogP contribution < -0.4 is 0 Å². The Morgan fingerprint density at radius 3 is 2.47 bits per heavy atom. The Morgan fingerprint density at radius 1 is 1.11 bits per heavy atom. The number of nitrogens with zero attached hydrogens (tertiary/aromatic N) is 2. The Balaban J connectivity index is 2.19. The molecule has 2 rings (SSSR count). The maximum Gasteiger partial charge on any atom is 0.354 e. The third kappa shape index (κ3) is 3.38. The number of carbonyl (C=O) groups is 2. The van der Waals surface area contributed by atoms with Gasteiger partial charge in [0.2, 0.25) is 0 Å². The van der Waals surface area contributed by atoms with Gasteiger partial charge in [0.05, 0.1) is 0 Å². The van der Waals surface area contributed by atoms with Crippen LogP contribution in [0.25, 0.3) is 0 Å². The molecule has 1 N–H and O–H groups in total. The molecule has 0 aliphatic rings. The molecule has 0 amide bonds. The van der Waals surface area contributed by atoms with E-state index in [0.29, 0.717) is 5.69 Å². The van der Waals surface area contributed by atoms with Gasteiger partial charge in [0.25, 0.3) is 0 Å². The number of pyridine rings is 2. The Morgan fingerprint density at radius 2 is 1.89 bits per heavy atom. The number of carbonyl (C=O) groups excluding carboxylic acids is 1. The minimum absolute atomic E-state index is 0.00156. The highest BCUT2D eigenvalue weighted by Crippen LogP contribution is 2.27. The molecule has 6 heteroatoms. The number of carboxylic acids is 1. The summed E-state index contributed by atoms with van der Waals surface area (Å²) in [6, 6.07) is 6.63. The summed E-state index contributed by atoms with van der Waals surface area (Å²) in [7, 11) is 0. The zero-order chi connectivity index (χ0) is 13.8. The van der Waals surface area contributed by atoms with Gasteiger partial charge in [-0.1, -0.05) is 11.8 Å². The Bertz CT molecular complexity index is 626. The zero-order valence-electron chi connectivity index (χ0n) is 10.0. The van der Waals surface area contributed by atoms with E-state index in [4.69, 9.17) is 5.11 Å². The van der Waals surface area contributed by atoms with Crippen molar-refractivity contribution >= 4 is 23.5 Å². The quantitative estimate of drug-likeness (QED) is 0.863. The zero-order valence-corrected chi connectivity index (χ0v) is 10.8. The van der Waals surface area contributed by atoms with Crippen molar-refractivity contribution in [2.75, 3.05) is 0 Å². The van der Waals surface area contributed by atoms with Crippen LogP contribution in [0.4, 0.5) is 0 Å². The molecule has 2 aromatic heterocycles. The van der Waals surface area contributed by atoms with Crippen molar-refractivity contribution in [2.45, 2.75) is 16.7 Å². The van der Waals surface area contributed by atoms with Gasteiger partial charge in [-0.3, -0.25) is 9.78 Å². The van der Waals surface area contributed by atoms with Gasteiger partial charge in [-0.25, -0.2) is 9.78 Å². The van der Waals surface area contributed by atoms with E-state index < -0.39 is 5.97 Å². The molecule has 2 aromatic rings. The van der Waals surface area contributed by atoms with Crippen molar-refractivity contribution in [1.29, 1.82) is 0 Å². The molecule has 0 fully saturated rings. The third-order valence-corrected chi connectivity index (χ3v) is 3.25. The summed E-state index contributed by atoms with van der Waals surface area (Å²) in [5.74, 6) is -1.15. The van der Waals surface area contributed by atoms with Crippen LogP contribution >= 0.6 is 11.8 Å². The van der Waals surface area contributed by atoms with Crippen LogP contribution in [0.3, 0.4) is 0 Å². The Hall–Kier alpha value is -2.21. The van der Waals surface area contributed by atoms with Crippen LogP contribution in [0.15, 0.2) is 46.5 Å². The van der Waals surface area contributed by atoms with E-state index in [-0.39, 0.29) is 11.5 Å². The van der Waals surface area contributed by atoms with E-state index in [2.05, 4.69) is 9.97 Å². The number of aromatic nitrogens is 2. The minimum atomic E-state index is -1.06. The lowest BCUT2D eigenvalue weighted by molar-refractivity contribution is 0.0690. The highest BCUT2D eigenvalue weighted by atomic mass is 32.2. The van der Waals surface area contributed by atoms with Crippen LogP contribution in [0.2, 0.25) is 0 Å². The predicted molar refractivity (Wildman–Crippen MR) is 69.6 cm³/mol. The first kappa shape index (κ1) is 13.2. The molecule has 0 bridgehead atoms. The molecule has 2 heterocycles. The fraction of sp³-hybridized carbons (Fsp3) is 0.0769. The predicted octanol–water partition coefficient (Wildman–Crippen LogP) is 2.53. The first-order valence-electron chi connectivity index (χ1n) is 5.40. The van der Waals surface area contributed by atoms with E-state index in [9.17, 15) is 9.59 Å². The van der Waals surface area contributed by atoms with Crippen molar-refractivity contribution in [1.82, 2.24) is 9.97 Å². The van der Waals surface area contributed by atoms with E-state index >= 15 is 0 Å². The average Bonchev–Trinajstić information content (AvgIpc) is 2.39. The normalized spacial score (nSPS) is 10.2. The van der Waals surface area contributed by atoms with Crippen LogP contribution in [0.1, 0.15) is 27.9 Å². The standard InChI is InChI=1S/C13H10N2O3S/c1-8(16)11-3-2-10(7-15-11)19-9-4-5-14-12(6-9)13(17)18/h2-7H,1H3,(H,17,18). The maximum absolute atomic E-state index is 11.1. The summed E-state index contributed by atoms with van der Waals surface area (Å²) in [6.45, 7) is 1.46. The summed E-state index contributed by atoms with van der Waals surface area (Å²) in [5, 5.41) is 8.85.